The summed E-state index contributed by atoms with van der Waals surface area (Å²) in [6, 6.07) is 12.0. The van der Waals surface area contributed by atoms with Crippen LogP contribution < -0.4 is 14.8 Å². The van der Waals surface area contributed by atoms with Crippen LogP contribution in [0, 0.1) is 13.8 Å². The lowest BCUT2D eigenvalue weighted by atomic mass is 10.2. The molecule has 0 aliphatic rings. The Morgan fingerprint density at radius 3 is 2.62 bits per heavy atom. The molecule has 0 radical (unpaired) electrons. The van der Waals surface area contributed by atoms with Crippen molar-refractivity contribution in [1.29, 1.82) is 0 Å². The maximum absolute atomic E-state index is 12.3. The molecule has 0 aliphatic carbocycles. The summed E-state index contributed by atoms with van der Waals surface area (Å²) in [6.07, 6.45) is 0. The Morgan fingerprint density at radius 1 is 1.12 bits per heavy atom. The molecule has 2 aromatic carbocycles. The average Bonchev–Trinajstić information content (AvgIpc) is 2.59. The third kappa shape index (κ3) is 6.01. The van der Waals surface area contributed by atoms with Crippen LogP contribution in [-0.4, -0.2) is 34.0 Å². The van der Waals surface area contributed by atoms with Crippen LogP contribution in [0.1, 0.15) is 11.1 Å². The molecular weight excluding hydrogens is 376 g/mol. The van der Waals surface area contributed by atoms with E-state index in [0.29, 0.717) is 16.3 Å². The third-order valence-electron chi connectivity index (χ3n) is 3.54. The number of hydrogen-bond acceptors (Lipinski definition) is 4. The number of rotatable bonds is 8. The minimum atomic E-state index is -3.62. The maximum Gasteiger partial charge on any atom is 0.257 e. The highest BCUT2D eigenvalue weighted by molar-refractivity contribution is 7.89. The van der Waals surface area contributed by atoms with Crippen LogP contribution >= 0.6 is 11.6 Å². The number of carbonyl (C=O) groups is 1. The van der Waals surface area contributed by atoms with Crippen molar-refractivity contribution in [3.05, 3.63) is 58.6 Å². The number of nitrogens with one attached hydrogen (secondary N) is 2. The van der Waals surface area contributed by atoms with Crippen LogP contribution in [0.4, 0.5) is 0 Å². The SMILES string of the molecule is Cc1ccc(C)c(S(=O)(=O)NCCNC(=O)COc2cccc(Cl)c2)c1. The lowest BCUT2D eigenvalue weighted by Crippen LogP contribution is -2.37. The number of carbonyl (C=O) groups excluding carboxylic acids is 1. The molecule has 2 N–H and O–H groups in total. The molecule has 0 spiro atoms. The molecule has 0 atom stereocenters. The average molecular weight is 397 g/mol. The van der Waals surface area contributed by atoms with Gasteiger partial charge >= 0.3 is 0 Å². The van der Waals surface area contributed by atoms with Gasteiger partial charge in [-0.25, -0.2) is 13.1 Å². The van der Waals surface area contributed by atoms with Gasteiger partial charge in [0, 0.05) is 18.1 Å². The molecule has 0 aliphatic heterocycles. The monoisotopic (exact) mass is 396 g/mol. The highest BCUT2D eigenvalue weighted by Crippen LogP contribution is 2.17. The van der Waals surface area contributed by atoms with Crippen molar-refractivity contribution in [2.45, 2.75) is 18.7 Å². The summed E-state index contributed by atoms with van der Waals surface area (Å²) in [4.78, 5) is 12.0. The first-order chi connectivity index (χ1) is 12.3. The quantitative estimate of drug-likeness (QED) is 0.671. The van der Waals surface area contributed by atoms with Crippen molar-refractivity contribution in [1.82, 2.24) is 10.0 Å². The summed E-state index contributed by atoms with van der Waals surface area (Å²) in [7, 11) is -3.62. The van der Waals surface area contributed by atoms with Gasteiger partial charge in [0.1, 0.15) is 5.75 Å². The second kappa shape index (κ2) is 9.02. The number of ether oxygens (including phenoxy) is 1. The topological polar surface area (TPSA) is 84.5 Å². The lowest BCUT2D eigenvalue weighted by Gasteiger charge is -2.11. The van der Waals surface area contributed by atoms with Crippen molar-refractivity contribution < 1.29 is 17.9 Å². The smallest absolute Gasteiger partial charge is 0.257 e. The Balaban J connectivity index is 1.77. The van der Waals surface area contributed by atoms with Gasteiger partial charge in [-0.15, -0.1) is 0 Å². The predicted molar refractivity (Wildman–Crippen MR) is 101 cm³/mol. The van der Waals surface area contributed by atoms with Crippen molar-refractivity contribution in [2.75, 3.05) is 19.7 Å². The van der Waals surface area contributed by atoms with Gasteiger partial charge in [-0.1, -0.05) is 29.8 Å². The molecule has 0 aromatic heterocycles. The van der Waals surface area contributed by atoms with Crippen LogP contribution in [0.2, 0.25) is 5.02 Å². The van der Waals surface area contributed by atoms with Crippen LogP contribution in [0.15, 0.2) is 47.4 Å². The fraction of sp³-hybridized carbons (Fsp3) is 0.278. The van der Waals surface area contributed by atoms with E-state index >= 15 is 0 Å². The Morgan fingerprint density at radius 2 is 1.88 bits per heavy atom. The van der Waals surface area contributed by atoms with Crippen molar-refractivity contribution in [2.24, 2.45) is 0 Å². The van der Waals surface area contributed by atoms with E-state index in [1.165, 1.54) is 0 Å². The molecule has 2 rings (SSSR count). The van der Waals surface area contributed by atoms with Gasteiger partial charge in [0.2, 0.25) is 10.0 Å². The zero-order chi connectivity index (χ0) is 19.2. The Kier molecular flexibility index (Phi) is 7.02. The molecule has 0 unspecified atom stereocenters. The summed E-state index contributed by atoms with van der Waals surface area (Å²) < 4.78 is 32.5. The summed E-state index contributed by atoms with van der Waals surface area (Å²) >= 11 is 5.83. The summed E-state index contributed by atoms with van der Waals surface area (Å²) in [5, 5.41) is 3.11. The summed E-state index contributed by atoms with van der Waals surface area (Å²) in [6.45, 7) is 3.63. The van der Waals surface area contributed by atoms with E-state index < -0.39 is 10.0 Å². The zero-order valence-electron chi connectivity index (χ0n) is 14.6. The molecule has 0 bridgehead atoms. The predicted octanol–water partition coefficient (Wildman–Crippen LogP) is 2.43. The van der Waals surface area contributed by atoms with E-state index in [0.717, 1.165) is 5.56 Å². The fourth-order valence-corrected chi connectivity index (χ4v) is 3.76. The van der Waals surface area contributed by atoms with Crippen LogP contribution in [0.25, 0.3) is 0 Å². The lowest BCUT2D eigenvalue weighted by molar-refractivity contribution is -0.123. The van der Waals surface area contributed by atoms with E-state index in [1.54, 1.807) is 43.3 Å². The van der Waals surface area contributed by atoms with E-state index in [1.807, 2.05) is 13.0 Å². The number of halogens is 1. The Labute approximate surface area is 158 Å². The highest BCUT2D eigenvalue weighted by Gasteiger charge is 2.16. The summed E-state index contributed by atoms with van der Waals surface area (Å²) in [5.41, 5.74) is 1.53. The number of hydrogen-bond donors (Lipinski definition) is 2. The molecule has 2 aromatic rings. The minimum Gasteiger partial charge on any atom is -0.484 e. The fourth-order valence-electron chi connectivity index (χ4n) is 2.22. The Hall–Kier alpha value is -2.09. The van der Waals surface area contributed by atoms with Gasteiger partial charge < -0.3 is 10.1 Å². The van der Waals surface area contributed by atoms with Gasteiger partial charge in [0.15, 0.2) is 6.61 Å². The number of sulfonamides is 1. The van der Waals surface area contributed by atoms with Crippen LogP contribution in [-0.2, 0) is 14.8 Å². The van der Waals surface area contributed by atoms with Crippen LogP contribution in [0.5, 0.6) is 5.75 Å². The zero-order valence-corrected chi connectivity index (χ0v) is 16.2. The molecule has 8 heteroatoms. The second-order valence-electron chi connectivity index (χ2n) is 5.76. The van der Waals surface area contributed by atoms with E-state index in [-0.39, 0.29) is 30.5 Å². The van der Waals surface area contributed by atoms with E-state index in [9.17, 15) is 13.2 Å². The molecule has 1 amide bonds. The van der Waals surface area contributed by atoms with Gasteiger partial charge in [-0.05, 0) is 49.2 Å². The van der Waals surface area contributed by atoms with Crippen molar-refractivity contribution in [3.63, 3.8) is 0 Å². The first kappa shape index (κ1) is 20.2. The first-order valence-corrected chi connectivity index (χ1v) is 9.86. The number of benzene rings is 2. The van der Waals surface area contributed by atoms with Gasteiger partial charge in [0.25, 0.3) is 5.91 Å². The standard InChI is InChI=1S/C18H21ClN2O4S/c1-13-6-7-14(2)17(10-13)26(23,24)21-9-8-20-18(22)12-25-16-5-3-4-15(19)11-16/h3-7,10-11,21H,8-9,12H2,1-2H3,(H,20,22). The van der Waals surface area contributed by atoms with Gasteiger partial charge in [-0.2, -0.15) is 0 Å². The Bertz CT molecular complexity index is 885. The van der Waals surface area contributed by atoms with Gasteiger partial charge in [-0.3, -0.25) is 4.79 Å². The van der Waals surface area contributed by atoms with Crippen molar-refractivity contribution >= 4 is 27.5 Å². The summed E-state index contributed by atoms with van der Waals surface area (Å²) in [5.74, 6) is 0.138. The highest BCUT2D eigenvalue weighted by atomic mass is 35.5. The second-order valence-corrected chi connectivity index (χ2v) is 7.93. The molecule has 0 fully saturated rings. The molecule has 140 valence electrons. The molecule has 0 heterocycles. The van der Waals surface area contributed by atoms with Crippen LogP contribution in [0.3, 0.4) is 0 Å². The molecular formula is C18H21ClN2O4S. The third-order valence-corrected chi connectivity index (χ3v) is 5.38. The minimum absolute atomic E-state index is 0.0820. The van der Waals surface area contributed by atoms with Crippen molar-refractivity contribution in [3.8, 4) is 5.75 Å². The first-order valence-electron chi connectivity index (χ1n) is 8.00. The molecule has 0 saturated heterocycles. The molecule has 26 heavy (non-hydrogen) atoms. The molecule has 6 nitrogen and oxygen atoms in total. The van der Waals surface area contributed by atoms with Gasteiger partial charge in [0.05, 0.1) is 4.90 Å². The number of aryl methyl sites for hydroxylation is 2. The largest absolute Gasteiger partial charge is 0.484 e. The van der Waals surface area contributed by atoms with E-state index in [2.05, 4.69) is 10.0 Å². The number of amides is 1. The van der Waals surface area contributed by atoms with E-state index in [4.69, 9.17) is 16.3 Å². The normalized spacial score (nSPS) is 11.2. The maximum atomic E-state index is 12.3. The molecule has 0 saturated carbocycles.